The Balaban J connectivity index is 2.27. The molecule has 2 aromatic rings. The van der Waals surface area contributed by atoms with E-state index in [-0.39, 0.29) is 11.6 Å². The third-order valence-electron chi connectivity index (χ3n) is 2.64. The first-order valence-electron chi connectivity index (χ1n) is 6.17. The molecular weight excluding hydrogens is 273 g/mol. The van der Waals surface area contributed by atoms with Gasteiger partial charge in [-0.3, -0.25) is 0 Å². The predicted molar refractivity (Wildman–Crippen MR) is 67.6 cm³/mol. The van der Waals surface area contributed by atoms with Crippen LogP contribution in [0.2, 0.25) is 0 Å². The molecule has 1 unspecified atom stereocenters. The van der Waals surface area contributed by atoms with Gasteiger partial charge in [0.25, 0.3) is 0 Å². The molecule has 0 radical (unpaired) electrons. The Morgan fingerprint density at radius 3 is 2.85 bits per heavy atom. The van der Waals surface area contributed by atoms with Gasteiger partial charge in [-0.25, -0.2) is 9.50 Å². The summed E-state index contributed by atoms with van der Waals surface area (Å²) < 4.78 is 44.4. The van der Waals surface area contributed by atoms with Gasteiger partial charge >= 0.3 is 6.18 Å². The summed E-state index contributed by atoms with van der Waals surface area (Å²) in [6.07, 6.45) is -1.70. The van der Waals surface area contributed by atoms with Gasteiger partial charge in [-0.2, -0.15) is 18.3 Å². The second kappa shape index (κ2) is 5.66. The van der Waals surface area contributed by atoms with Gasteiger partial charge in [0.05, 0.1) is 6.61 Å². The SMILES string of the molecule is CCOCC(C)Nc1nccn2nc(C(F)(F)F)cc12. The first kappa shape index (κ1) is 14.6. The van der Waals surface area contributed by atoms with Crippen molar-refractivity contribution in [2.24, 2.45) is 0 Å². The van der Waals surface area contributed by atoms with Crippen LogP contribution in [-0.2, 0) is 10.9 Å². The van der Waals surface area contributed by atoms with E-state index in [0.717, 1.165) is 10.6 Å². The molecule has 0 spiro atoms. The molecule has 0 aliphatic rings. The largest absolute Gasteiger partial charge is 0.435 e. The number of ether oxygens (including phenoxy) is 1. The molecule has 1 N–H and O–H groups in total. The van der Waals surface area contributed by atoms with Crippen LogP contribution in [-0.4, -0.2) is 33.9 Å². The van der Waals surface area contributed by atoms with Gasteiger partial charge in [-0.1, -0.05) is 0 Å². The number of halogens is 3. The van der Waals surface area contributed by atoms with E-state index < -0.39 is 11.9 Å². The number of anilines is 1. The summed E-state index contributed by atoms with van der Waals surface area (Å²) >= 11 is 0. The number of nitrogens with one attached hydrogen (secondary N) is 1. The number of hydrogen-bond donors (Lipinski definition) is 1. The van der Waals surface area contributed by atoms with Crippen LogP contribution in [0.5, 0.6) is 0 Å². The highest BCUT2D eigenvalue weighted by atomic mass is 19.4. The Bertz CT molecular complexity index is 582. The summed E-state index contributed by atoms with van der Waals surface area (Å²) in [7, 11) is 0. The molecule has 1 atom stereocenters. The third kappa shape index (κ3) is 3.19. The maximum Gasteiger partial charge on any atom is 0.435 e. The smallest absolute Gasteiger partial charge is 0.380 e. The molecule has 0 bridgehead atoms. The zero-order valence-corrected chi connectivity index (χ0v) is 11.1. The maximum absolute atomic E-state index is 12.7. The average molecular weight is 288 g/mol. The van der Waals surface area contributed by atoms with Crippen molar-refractivity contribution in [3.63, 3.8) is 0 Å². The van der Waals surface area contributed by atoms with Gasteiger partial charge in [0.1, 0.15) is 5.52 Å². The zero-order chi connectivity index (χ0) is 14.8. The molecular formula is C12H15F3N4O. The molecule has 2 rings (SSSR count). The fourth-order valence-corrected chi connectivity index (χ4v) is 1.74. The molecule has 2 heterocycles. The normalized spacial score (nSPS) is 13.7. The fourth-order valence-electron chi connectivity index (χ4n) is 1.74. The molecule has 110 valence electrons. The van der Waals surface area contributed by atoms with Crippen LogP contribution < -0.4 is 5.32 Å². The number of nitrogens with zero attached hydrogens (tertiary/aromatic N) is 3. The molecule has 0 aliphatic heterocycles. The Labute approximate surface area is 113 Å². The molecule has 8 heteroatoms. The van der Waals surface area contributed by atoms with Crippen LogP contribution in [0.15, 0.2) is 18.5 Å². The number of fused-ring (bicyclic) bond motifs is 1. The fraction of sp³-hybridized carbons (Fsp3) is 0.500. The lowest BCUT2D eigenvalue weighted by Crippen LogP contribution is -2.22. The first-order chi connectivity index (χ1) is 9.41. The van der Waals surface area contributed by atoms with E-state index in [1.54, 1.807) is 0 Å². The van der Waals surface area contributed by atoms with Crippen molar-refractivity contribution >= 4 is 11.3 Å². The lowest BCUT2D eigenvalue weighted by atomic mass is 10.3. The molecule has 0 saturated carbocycles. The van der Waals surface area contributed by atoms with Crippen molar-refractivity contribution in [3.8, 4) is 0 Å². The second-order valence-electron chi connectivity index (χ2n) is 4.34. The summed E-state index contributed by atoms with van der Waals surface area (Å²) in [5, 5.41) is 6.51. The summed E-state index contributed by atoms with van der Waals surface area (Å²) in [6, 6.07) is 0.904. The Kier molecular flexibility index (Phi) is 4.12. The first-order valence-corrected chi connectivity index (χ1v) is 6.17. The molecule has 0 saturated heterocycles. The van der Waals surface area contributed by atoms with E-state index in [1.165, 1.54) is 12.4 Å². The molecule has 5 nitrogen and oxygen atoms in total. The number of aromatic nitrogens is 3. The average Bonchev–Trinajstić information content (AvgIpc) is 2.81. The topological polar surface area (TPSA) is 51.5 Å². The van der Waals surface area contributed by atoms with E-state index in [1.807, 2.05) is 13.8 Å². The zero-order valence-electron chi connectivity index (χ0n) is 11.1. The maximum atomic E-state index is 12.7. The van der Waals surface area contributed by atoms with Gasteiger partial charge in [0.2, 0.25) is 0 Å². The highest BCUT2D eigenvalue weighted by molar-refractivity contribution is 5.68. The van der Waals surface area contributed by atoms with Crippen LogP contribution in [0.4, 0.5) is 19.0 Å². The second-order valence-corrected chi connectivity index (χ2v) is 4.34. The molecule has 0 amide bonds. The van der Waals surface area contributed by atoms with Crippen molar-refractivity contribution in [1.82, 2.24) is 14.6 Å². The van der Waals surface area contributed by atoms with Crippen LogP contribution in [0, 0.1) is 0 Å². The van der Waals surface area contributed by atoms with Crippen molar-refractivity contribution in [3.05, 3.63) is 24.2 Å². The summed E-state index contributed by atoms with van der Waals surface area (Å²) in [6.45, 7) is 4.76. The van der Waals surface area contributed by atoms with E-state index in [0.29, 0.717) is 19.0 Å². The van der Waals surface area contributed by atoms with Crippen LogP contribution in [0.3, 0.4) is 0 Å². The van der Waals surface area contributed by atoms with Crippen molar-refractivity contribution in [2.75, 3.05) is 18.5 Å². The number of hydrogen-bond acceptors (Lipinski definition) is 4. The van der Waals surface area contributed by atoms with Crippen LogP contribution in [0.1, 0.15) is 19.5 Å². The third-order valence-corrected chi connectivity index (χ3v) is 2.64. The molecule has 0 fully saturated rings. The van der Waals surface area contributed by atoms with Crippen LogP contribution in [0.25, 0.3) is 5.52 Å². The Morgan fingerprint density at radius 1 is 1.45 bits per heavy atom. The summed E-state index contributed by atoms with van der Waals surface area (Å²) in [4.78, 5) is 4.06. The van der Waals surface area contributed by atoms with E-state index in [9.17, 15) is 13.2 Å². The Hall–Kier alpha value is -1.83. The summed E-state index contributed by atoms with van der Waals surface area (Å²) in [5.74, 6) is 0.350. The molecule has 20 heavy (non-hydrogen) atoms. The van der Waals surface area contributed by atoms with E-state index in [4.69, 9.17) is 4.74 Å². The number of rotatable bonds is 5. The van der Waals surface area contributed by atoms with Crippen LogP contribution >= 0.6 is 0 Å². The van der Waals surface area contributed by atoms with Gasteiger partial charge in [0.15, 0.2) is 11.5 Å². The lowest BCUT2D eigenvalue weighted by molar-refractivity contribution is -0.141. The van der Waals surface area contributed by atoms with Crippen molar-refractivity contribution < 1.29 is 17.9 Å². The van der Waals surface area contributed by atoms with Crippen molar-refractivity contribution in [2.45, 2.75) is 26.1 Å². The summed E-state index contributed by atoms with van der Waals surface area (Å²) in [5.41, 5.74) is -0.658. The minimum Gasteiger partial charge on any atom is -0.380 e. The van der Waals surface area contributed by atoms with E-state index in [2.05, 4.69) is 15.4 Å². The highest BCUT2D eigenvalue weighted by Gasteiger charge is 2.34. The quantitative estimate of drug-likeness (QED) is 0.918. The van der Waals surface area contributed by atoms with Gasteiger partial charge in [-0.05, 0) is 13.8 Å². The Morgan fingerprint density at radius 2 is 2.20 bits per heavy atom. The molecule has 2 aromatic heterocycles. The predicted octanol–water partition coefficient (Wildman–Crippen LogP) is 2.58. The van der Waals surface area contributed by atoms with Crippen molar-refractivity contribution in [1.29, 1.82) is 0 Å². The lowest BCUT2D eigenvalue weighted by Gasteiger charge is -2.14. The molecule has 0 aliphatic carbocycles. The minimum atomic E-state index is -4.47. The monoisotopic (exact) mass is 288 g/mol. The number of alkyl halides is 3. The van der Waals surface area contributed by atoms with Gasteiger partial charge < -0.3 is 10.1 Å². The van der Waals surface area contributed by atoms with Gasteiger partial charge in [-0.15, -0.1) is 0 Å². The molecule has 0 aromatic carbocycles. The standard InChI is InChI=1S/C12H15F3N4O/c1-3-20-7-8(2)17-11-9-6-10(12(13,14)15)18-19(9)5-4-16-11/h4-6,8H,3,7H2,1-2H3,(H,16,17). The van der Waals surface area contributed by atoms with E-state index >= 15 is 0 Å². The minimum absolute atomic E-state index is 0.0714. The highest BCUT2D eigenvalue weighted by Crippen LogP contribution is 2.30. The van der Waals surface area contributed by atoms with Gasteiger partial charge in [0, 0.05) is 31.1 Å².